The maximum Gasteiger partial charge on any atom is 0.175 e. The average molecular weight is 303 g/mol. The molecular weight excluding hydrogens is 284 g/mol. The number of nitrogens with two attached hydrogens (primary N) is 1. The summed E-state index contributed by atoms with van der Waals surface area (Å²) in [5.41, 5.74) is 6.55. The molecule has 0 radical (unpaired) electrons. The first-order valence-corrected chi connectivity index (χ1v) is 8.65. The molecule has 1 saturated carbocycles. The van der Waals surface area contributed by atoms with Gasteiger partial charge in [0.1, 0.15) is 0 Å². The molecule has 0 heterocycles. The van der Waals surface area contributed by atoms with Gasteiger partial charge in [-0.05, 0) is 43.9 Å². The zero-order valence-electron chi connectivity index (χ0n) is 10.9. The van der Waals surface area contributed by atoms with Gasteiger partial charge >= 0.3 is 0 Å². The van der Waals surface area contributed by atoms with Crippen molar-refractivity contribution in [2.75, 3.05) is 11.6 Å². The van der Waals surface area contributed by atoms with Crippen molar-refractivity contribution in [3.8, 4) is 0 Å². The van der Waals surface area contributed by atoms with E-state index in [1.807, 2.05) is 0 Å². The summed E-state index contributed by atoms with van der Waals surface area (Å²) in [5, 5.41) is 3.87. The Labute approximate surface area is 119 Å². The van der Waals surface area contributed by atoms with E-state index in [2.05, 4.69) is 5.32 Å². The number of benzene rings is 1. The van der Waals surface area contributed by atoms with Gasteiger partial charge in [-0.1, -0.05) is 11.6 Å². The van der Waals surface area contributed by atoms with Gasteiger partial charge in [-0.2, -0.15) is 0 Å². The van der Waals surface area contributed by atoms with E-state index in [9.17, 15) is 8.42 Å². The largest absolute Gasteiger partial charge is 0.381 e. The summed E-state index contributed by atoms with van der Waals surface area (Å²) < 4.78 is 23.1. The first-order chi connectivity index (χ1) is 8.86. The summed E-state index contributed by atoms with van der Waals surface area (Å²) in [4.78, 5) is 0.284. The molecule has 0 spiro atoms. The molecule has 1 aliphatic carbocycles. The van der Waals surface area contributed by atoms with Gasteiger partial charge in [0.15, 0.2) is 9.84 Å². The molecule has 1 aromatic carbocycles. The lowest BCUT2D eigenvalue weighted by Gasteiger charge is -2.28. The summed E-state index contributed by atoms with van der Waals surface area (Å²) in [7, 11) is -3.21. The third kappa shape index (κ3) is 3.84. The fourth-order valence-electron chi connectivity index (χ4n) is 2.33. The molecule has 0 aromatic heterocycles. The highest BCUT2D eigenvalue weighted by molar-refractivity contribution is 7.90. The molecule has 0 atom stereocenters. The normalized spacial score (nSPS) is 24.2. The van der Waals surface area contributed by atoms with Crippen LogP contribution in [0.25, 0.3) is 0 Å². The van der Waals surface area contributed by atoms with Crippen molar-refractivity contribution in [3.05, 3.63) is 23.2 Å². The maximum absolute atomic E-state index is 11.5. The second kappa shape index (κ2) is 5.69. The van der Waals surface area contributed by atoms with E-state index in [1.54, 1.807) is 12.1 Å². The molecule has 1 fully saturated rings. The molecule has 0 bridgehead atoms. The summed E-state index contributed by atoms with van der Waals surface area (Å²) in [6.45, 7) is 0. The molecule has 0 aliphatic heterocycles. The third-order valence-electron chi connectivity index (χ3n) is 3.50. The first kappa shape index (κ1) is 14.6. The van der Waals surface area contributed by atoms with Crippen LogP contribution < -0.4 is 11.1 Å². The summed E-state index contributed by atoms with van der Waals surface area (Å²) in [5.74, 6) is 0. The van der Waals surface area contributed by atoms with Gasteiger partial charge in [0, 0.05) is 18.3 Å². The Morgan fingerprint density at radius 1 is 1.26 bits per heavy atom. The molecular formula is C13H19ClN2O2S. The topological polar surface area (TPSA) is 72.2 Å². The Hall–Kier alpha value is -0.780. The van der Waals surface area contributed by atoms with E-state index < -0.39 is 9.84 Å². The third-order valence-corrected chi connectivity index (χ3v) is 4.94. The monoisotopic (exact) mass is 302 g/mol. The fourth-order valence-corrected chi connectivity index (χ4v) is 3.15. The quantitative estimate of drug-likeness (QED) is 0.899. The Bertz CT molecular complexity index is 552. The zero-order chi connectivity index (χ0) is 14.0. The number of rotatable bonds is 3. The first-order valence-electron chi connectivity index (χ1n) is 6.38. The highest BCUT2D eigenvalue weighted by Crippen LogP contribution is 2.28. The van der Waals surface area contributed by atoms with Crippen LogP contribution in [0.5, 0.6) is 0 Å². The highest BCUT2D eigenvalue weighted by Gasteiger charge is 2.19. The molecule has 6 heteroatoms. The van der Waals surface area contributed by atoms with Gasteiger partial charge in [0.25, 0.3) is 0 Å². The lowest BCUT2D eigenvalue weighted by atomic mass is 9.92. The predicted molar refractivity (Wildman–Crippen MR) is 78.4 cm³/mol. The smallest absolute Gasteiger partial charge is 0.175 e. The van der Waals surface area contributed by atoms with Crippen LogP contribution in [0, 0.1) is 0 Å². The van der Waals surface area contributed by atoms with E-state index in [4.69, 9.17) is 17.3 Å². The number of hydrogen-bond acceptors (Lipinski definition) is 4. The number of sulfone groups is 1. The molecule has 0 saturated heterocycles. The van der Waals surface area contributed by atoms with Gasteiger partial charge in [-0.3, -0.25) is 0 Å². The molecule has 106 valence electrons. The van der Waals surface area contributed by atoms with E-state index in [0.717, 1.165) is 25.7 Å². The van der Waals surface area contributed by atoms with E-state index in [1.165, 1.54) is 12.3 Å². The van der Waals surface area contributed by atoms with Crippen LogP contribution in [-0.4, -0.2) is 26.8 Å². The van der Waals surface area contributed by atoms with Crippen molar-refractivity contribution >= 4 is 27.1 Å². The lowest BCUT2D eigenvalue weighted by molar-refractivity contribution is 0.411. The highest BCUT2D eigenvalue weighted by atomic mass is 35.5. The van der Waals surface area contributed by atoms with Crippen molar-refractivity contribution in [3.63, 3.8) is 0 Å². The molecule has 0 unspecified atom stereocenters. The second-order valence-electron chi connectivity index (χ2n) is 5.17. The molecule has 3 N–H and O–H groups in total. The maximum atomic E-state index is 11.5. The van der Waals surface area contributed by atoms with Gasteiger partial charge in [-0.25, -0.2) is 8.42 Å². The van der Waals surface area contributed by atoms with E-state index in [-0.39, 0.29) is 10.9 Å². The summed E-state index contributed by atoms with van der Waals surface area (Å²) in [6, 6.07) is 5.35. The van der Waals surface area contributed by atoms with Crippen LogP contribution in [0.15, 0.2) is 23.1 Å². The Kier molecular flexibility index (Phi) is 4.38. The van der Waals surface area contributed by atoms with Crippen molar-refractivity contribution in [1.82, 2.24) is 0 Å². The van der Waals surface area contributed by atoms with E-state index in [0.29, 0.717) is 16.8 Å². The molecule has 4 nitrogen and oxygen atoms in total. The van der Waals surface area contributed by atoms with E-state index >= 15 is 0 Å². The molecule has 1 aromatic rings. The standard InChI is InChI=1S/C13H19ClN2O2S/c1-19(17,18)11-6-7-12(14)13(8-11)16-10-4-2-9(15)3-5-10/h6-10,16H,2-5,15H2,1H3. The van der Waals surface area contributed by atoms with Gasteiger partial charge in [0.05, 0.1) is 15.6 Å². The summed E-state index contributed by atoms with van der Waals surface area (Å²) in [6.07, 6.45) is 5.14. The number of hydrogen-bond donors (Lipinski definition) is 2. The SMILES string of the molecule is CS(=O)(=O)c1ccc(Cl)c(NC2CCC(N)CC2)c1. The average Bonchev–Trinajstić information content (AvgIpc) is 2.33. The van der Waals surface area contributed by atoms with Crippen molar-refractivity contribution < 1.29 is 8.42 Å². The molecule has 1 aliphatic rings. The molecule has 19 heavy (non-hydrogen) atoms. The van der Waals surface area contributed by atoms with Crippen LogP contribution in [0.3, 0.4) is 0 Å². The van der Waals surface area contributed by atoms with Crippen LogP contribution in [0.1, 0.15) is 25.7 Å². The van der Waals surface area contributed by atoms with Gasteiger partial charge < -0.3 is 11.1 Å². The number of anilines is 1. The molecule has 2 rings (SSSR count). The van der Waals surface area contributed by atoms with Crippen LogP contribution in [0.4, 0.5) is 5.69 Å². The van der Waals surface area contributed by atoms with Gasteiger partial charge in [0.2, 0.25) is 0 Å². The van der Waals surface area contributed by atoms with Crippen molar-refractivity contribution in [2.24, 2.45) is 5.73 Å². The Morgan fingerprint density at radius 3 is 2.47 bits per heavy atom. The van der Waals surface area contributed by atoms with Crippen LogP contribution in [0.2, 0.25) is 5.02 Å². The zero-order valence-corrected chi connectivity index (χ0v) is 12.5. The van der Waals surface area contributed by atoms with Crippen LogP contribution in [-0.2, 0) is 9.84 Å². The molecule has 0 amide bonds. The summed E-state index contributed by atoms with van der Waals surface area (Å²) >= 11 is 6.11. The number of halogens is 1. The van der Waals surface area contributed by atoms with Gasteiger partial charge in [-0.15, -0.1) is 0 Å². The number of nitrogens with one attached hydrogen (secondary N) is 1. The minimum Gasteiger partial charge on any atom is -0.381 e. The minimum absolute atomic E-state index is 0.284. The lowest BCUT2D eigenvalue weighted by Crippen LogP contribution is -2.32. The Balaban J connectivity index is 2.16. The second-order valence-corrected chi connectivity index (χ2v) is 7.59. The minimum atomic E-state index is -3.21. The predicted octanol–water partition coefficient (Wildman–Crippen LogP) is 2.43. The van der Waals surface area contributed by atoms with Crippen molar-refractivity contribution in [1.29, 1.82) is 0 Å². The van der Waals surface area contributed by atoms with Crippen LogP contribution >= 0.6 is 11.6 Å². The Morgan fingerprint density at radius 2 is 1.89 bits per heavy atom. The fraction of sp³-hybridized carbons (Fsp3) is 0.538. The van der Waals surface area contributed by atoms with Crippen molar-refractivity contribution in [2.45, 2.75) is 42.7 Å².